The zero-order chi connectivity index (χ0) is 60.2. The summed E-state index contributed by atoms with van der Waals surface area (Å²) >= 11 is 41.6. The molecule has 0 aromatic carbocycles. The molecule has 0 aliphatic heterocycles. The van der Waals surface area contributed by atoms with Crippen LogP contribution in [0.25, 0.3) is 0 Å². The molecule has 13 heteroatoms. The predicted molar refractivity (Wildman–Crippen MR) is 399 cm³/mol. The number of rotatable bonds is 56. The monoisotopic (exact) mass is 1470 g/mol. The summed E-state index contributed by atoms with van der Waals surface area (Å²) < 4.78 is 2.69. The Bertz CT molecular complexity index is 1000. The summed E-state index contributed by atoms with van der Waals surface area (Å²) in [7, 11) is 0. The van der Waals surface area contributed by atoms with Gasteiger partial charge in [-0.2, -0.15) is 0 Å². The van der Waals surface area contributed by atoms with Crippen LogP contribution in [0, 0.1) is 0 Å². The van der Waals surface area contributed by atoms with Crippen molar-refractivity contribution in [2.45, 2.75) is 364 Å². The van der Waals surface area contributed by atoms with Crippen LogP contribution in [0.2, 0.25) is 0 Å². The zero-order valence-corrected chi connectivity index (χ0v) is 65.6. The first kappa shape index (κ1) is 91.1. The molecule has 4 nitrogen and oxygen atoms in total. The Kier molecular flexibility index (Phi) is 89.3. The van der Waals surface area contributed by atoms with Gasteiger partial charge in [-0.1, -0.05) is 330 Å². The molecule has 0 bridgehead atoms. The first-order valence-corrected chi connectivity index (χ1v) is 38.0. The number of unbranched alkanes of at least 4 members (excludes halogenated alkanes) is 40. The Morgan fingerprint density at radius 3 is 0.358 bits per heavy atom. The topological polar surface area (TPSA) is 13.0 Å². The summed E-state index contributed by atoms with van der Waals surface area (Å²) in [6, 6.07) is 0. The van der Waals surface area contributed by atoms with E-state index in [4.69, 9.17) is 99.4 Å². The van der Waals surface area contributed by atoms with Gasteiger partial charge in [-0.25, -0.2) is 0 Å². The van der Waals surface area contributed by atoms with E-state index in [1.807, 2.05) is 0 Å². The Balaban J connectivity index is -0.000000316. The summed E-state index contributed by atoms with van der Waals surface area (Å²) in [4.78, 5) is 8.96. The Hall–Kier alpha value is 1.36. The fourth-order valence-corrected chi connectivity index (χ4v) is 11.3. The number of hydrogen-bond acceptors (Lipinski definition) is 8. The first-order chi connectivity index (χ1) is 38.9. The van der Waals surface area contributed by atoms with E-state index >= 15 is 0 Å². The van der Waals surface area contributed by atoms with Crippen LogP contribution in [0.1, 0.15) is 364 Å². The van der Waals surface area contributed by atoms with Gasteiger partial charge < -0.3 is 119 Å². The second-order valence-electron chi connectivity index (χ2n) is 23.2. The van der Waals surface area contributed by atoms with Gasteiger partial charge in [-0.05, 0) is 51.4 Å². The standard InChI is InChI=1S/4C17H35NS2.Pb/c4*1-3-5-7-9-11-13-15-18(17(19)20)16-14-12-10-8-6-4-2;/h4*3-16H2,1-2H3,(H,19,20);/p-4. The van der Waals surface area contributed by atoms with Gasteiger partial charge in [-0.15, -0.1) is 0 Å². The smallest absolute Gasteiger partial charge is 0.0162 e. The summed E-state index contributed by atoms with van der Waals surface area (Å²) in [5.74, 6) is 0. The zero-order valence-electron chi connectivity index (χ0n) is 55.2. The maximum atomic E-state index is 5.20. The molecule has 484 valence electrons. The third kappa shape index (κ3) is 77.4. The summed E-state index contributed by atoms with van der Waals surface area (Å²) in [5, 5.41) is 0. The average Bonchev–Trinajstić information content (AvgIpc) is 3.44. The van der Waals surface area contributed by atoms with Crippen LogP contribution in [-0.4, -0.2) is 117 Å². The van der Waals surface area contributed by atoms with Gasteiger partial charge in [0.05, 0.1) is 0 Å². The summed E-state index contributed by atoms with van der Waals surface area (Å²) in [6.07, 6.45) is 64.1. The molecule has 0 unspecified atom stereocenters. The molecular formula is C68H136N4PbS8-4. The molecule has 0 amide bonds. The van der Waals surface area contributed by atoms with E-state index in [9.17, 15) is 0 Å². The molecule has 0 atom stereocenters. The molecule has 0 rings (SSSR count). The van der Waals surface area contributed by atoms with Crippen molar-refractivity contribution in [3.8, 4) is 0 Å². The van der Waals surface area contributed by atoms with Gasteiger partial charge in [0.2, 0.25) is 0 Å². The van der Waals surface area contributed by atoms with E-state index in [1.165, 1.54) is 308 Å². The largest absolute Gasteiger partial charge is 0.411 e. The minimum absolute atomic E-state index is 0. The Morgan fingerprint density at radius 2 is 0.272 bits per heavy atom. The molecule has 0 saturated carbocycles. The van der Waals surface area contributed by atoms with Crippen LogP contribution in [0.3, 0.4) is 0 Å². The number of thiocarbonyl (C=S) groups is 4. The van der Waals surface area contributed by atoms with E-state index < -0.39 is 0 Å². The van der Waals surface area contributed by atoms with Gasteiger partial charge >= 0.3 is 0 Å². The first-order valence-electron chi connectivity index (χ1n) is 34.7. The van der Waals surface area contributed by atoms with Gasteiger partial charge in [0.25, 0.3) is 0 Å². The van der Waals surface area contributed by atoms with Gasteiger partial charge in [0.15, 0.2) is 0 Å². The molecule has 0 N–H and O–H groups in total. The number of hydrogen-bond donors (Lipinski definition) is 0. The molecule has 4 radical (unpaired) electrons. The van der Waals surface area contributed by atoms with Crippen LogP contribution in [0.5, 0.6) is 0 Å². The van der Waals surface area contributed by atoms with Crippen molar-refractivity contribution >= 4 is 144 Å². The average molecular weight is 1470 g/mol. The van der Waals surface area contributed by atoms with Crippen LogP contribution in [0.4, 0.5) is 0 Å². The normalized spacial score (nSPS) is 10.6. The molecule has 81 heavy (non-hydrogen) atoms. The van der Waals surface area contributed by atoms with Crippen molar-refractivity contribution in [3.63, 3.8) is 0 Å². The van der Waals surface area contributed by atoms with E-state index in [-0.39, 0.29) is 27.3 Å². The van der Waals surface area contributed by atoms with Crippen molar-refractivity contribution < 1.29 is 0 Å². The van der Waals surface area contributed by atoms with Crippen molar-refractivity contribution in [2.75, 3.05) is 52.4 Å². The van der Waals surface area contributed by atoms with Crippen LogP contribution in [0.15, 0.2) is 0 Å². The Morgan fingerprint density at radius 1 is 0.185 bits per heavy atom. The summed E-state index contributed by atoms with van der Waals surface area (Å²) in [6.45, 7) is 26.7. The van der Waals surface area contributed by atoms with Crippen LogP contribution in [-0.2, 0) is 50.5 Å². The van der Waals surface area contributed by atoms with E-state index in [2.05, 4.69) is 75.0 Å². The van der Waals surface area contributed by atoms with Crippen molar-refractivity contribution in [2.24, 2.45) is 0 Å². The van der Waals surface area contributed by atoms with Gasteiger partial charge in [-0.3, -0.25) is 0 Å². The third-order valence-corrected chi connectivity index (χ3v) is 17.4. The maximum absolute atomic E-state index is 5.20. The van der Waals surface area contributed by atoms with E-state index in [0.29, 0.717) is 17.3 Å². The maximum Gasteiger partial charge on any atom is 0.0162 e. The Labute approximate surface area is 574 Å². The predicted octanol–water partition coefficient (Wildman–Crippen LogP) is 23.0. The van der Waals surface area contributed by atoms with Gasteiger partial charge in [0.1, 0.15) is 0 Å². The van der Waals surface area contributed by atoms with E-state index in [1.54, 1.807) is 0 Å². The molecule has 0 aliphatic rings. The van der Waals surface area contributed by atoms with Crippen LogP contribution >= 0.6 is 48.9 Å². The van der Waals surface area contributed by atoms with Crippen LogP contribution < -0.4 is 0 Å². The molecule has 0 aromatic rings. The minimum Gasteiger partial charge on any atom is -0.411 e. The van der Waals surface area contributed by atoms with Crippen molar-refractivity contribution in [1.29, 1.82) is 0 Å². The van der Waals surface area contributed by atoms with Crippen molar-refractivity contribution in [3.05, 3.63) is 0 Å². The quantitative estimate of drug-likeness (QED) is 0.0249. The van der Waals surface area contributed by atoms with Gasteiger partial charge in [0, 0.05) is 79.7 Å². The number of nitrogens with zero attached hydrogens (tertiary/aromatic N) is 4. The second-order valence-corrected chi connectivity index (χ2v) is 27.3. The fourth-order valence-electron chi connectivity index (χ4n) is 9.84. The molecule has 0 heterocycles. The molecule has 0 aromatic heterocycles. The molecule has 0 saturated heterocycles. The van der Waals surface area contributed by atoms with E-state index in [0.717, 1.165) is 52.4 Å². The summed E-state index contributed by atoms with van der Waals surface area (Å²) in [5.41, 5.74) is 0. The third-order valence-electron chi connectivity index (χ3n) is 15.3. The molecule has 0 aliphatic carbocycles. The molecule has 0 fully saturated rings. The minimum atomic E-state index is 0. The second kappa shape index (κ2) is 79.4. The molecular weight excluding hydrogens is 1340 g/mol. The van der Waals surface area contributed by atoms with Crippen molar-refractivity contribution in [1.82, 2.24) is 19.6 Å². The fraction of sp³-hybridized carbons (Fsp3) is 0.941. The molecule has 0 spiro atoms. The SMILES string of the molecule is CCCCCCCCN(CCCCCCCC)C(=S)[S-].CCCCCCCCN(CCCCCCCC)C(=S)[S-].CCCCCCCCN(CCCCCCCC)C(=S)[S-].CCCCCCCCN(CCCCCCCC)C(=S)[S-].[Pb].